The number of carbonyl (C=O) groups excluding carboxylic acids is 1. The van der Waals surface area contributed by atoms with Crippen molar-refractivity contribution in [1.29, 1.82) is 0 Å². The van der Waals surface area contributed by atoms with Gasteiger partial charge >= 0.3 is 6.18 Å². The first-order valence-corrected chi connectivity index (χ1v) is 8.04. The monoisotopic (exact) mass is 419 g/mol. The number of alkyl halides is 3. The molecule has 3 rings (SSSR count). The Hall–Kier alpha value is -2.23. The van der Waals surface area contributed by atoms with Gasteiger partial charge in [-0.15, -0.1) is 0 Å². The summed E-state index contributed by atoms with van der Waals surface area (Å²) in [6.07, 6.45) is -4.60. The smallest absolute Gasteiger partial charge is 0.436 e. The fourth-order valence-corrected chi connectivity index (χ4v) is 2.83. The molecule has 0 spiro atoms. The highest BCUT2D eigenvalue weighted by Gasteiger charge is 2.38. The minimum absolute atomic E-state index is 0.174. The van der Waals surface area contributed by atoms with E-state index in [1.807, 2.05) is 0 Å². The summed E-state index contributed by atoms with van der Waals surface area (Å²) in [7, 11) is 0. The Morgan fingerprint density at radius 1 is 1.32 bits per heavy atom. The van der Waals surface area contributed by atoms with Gasteiger partial charge in [0.2, 0.25) is 5.91 Å². The summed E-state index contributed by atoms with van der Waals surface area (Å²) < 4.78 is 50.2. The van der Waals surface area contributed by atoms with E-state index in [0.29, 0.717) is 30.4 Å². The number of ether oxygens (including phenoxy) is 2. The Morgan fingerprint density at radius 3 is 2.64 bits per heavy atom. The number of fused-ring (bicyclic) bond motifs is 1. The van der Waals surface area contributed by atoms with E-state index in [1.165, 1.54) is 6.92 Å². The predicted octanol–water partition coefficient (Wildman–Crippen LogP) is 3.38. The molecule has 0 fully saturated rings. The lowest BCUT2D eigenvalue weighted by Crippen LogP contribution is -2.21. The van der Waals surface area contributed by atoms with Crippen molar-refractivity contribution in [2.24, 2.45) is 0 Å². The van der Waals surface area contributed by atoms with Gasteiger partial charge in [0, 0.05) is 11.8 Å². The lowest BCUT2D eigenvalue weighted by molar-refractivity contribution is -0.142. The second kappa shape index (κ2) is 6.58. The molecule has 0 radical (unpaired) electrons. The summed E-state index contributed by atoms with van der Waals surface area (Å²) in [6.45, 7) is 1.96. The van der Waals surface area contributed by atoms with Gasteiger partial charge in [-0.25, -0.2) is 0 Å². The zero-order valence-corrected chi connectivity index (χ0v) is 14.6. The van der Waals surface area contributed by atoms with E-state index >= 15 is 0 Å². The summed E-state index contributed by atoms with van der Waals surface area (Å²) in [5, 5.41) is 6.08. The maximum atomic E-state index is 12.9. The Labute approximate surface area is 149 Å². The molecule has 1 amide bonds. The predicted molar refractivity (Wildman–Crippen MR) is 85.7 cm³/mol. The van der Waals surface area contributed by atoms with Crippen molar-refractivity contribution in [3.63, 3.8) is 0 Å². The van der Waals surface area contributed by atoms with Gasteiger partial charge in [-0.05, 0) is 35.0 Å². The lowest BCUT2D eigenvalue weighted by atomic mass is 10.2. The number of hydrogen-bond acceptors (Lipinski definition) is 4. The number of nitrogens with zero attached hydrogens (tertiary/aromatic N) is 2. The molecule has 1 aromatic heterocycles. The van der Waals surface area contributed by atoms with Gasteiger partial charge in [-0.1, -0.05) is 0 Å². The topological polar surface area (TPSA) is 65.4 Å². The summed E-state index contributed by atoms with van der Waals surface area (Å²) in [5.74, 6) is 0.566. The average Bonchev–Trinajstić information content (AvgIpc) is 2.83. The van der Waals surface area contributed by atoms with E-state index in [2.05, 4.69) is 26.3 Å². The number of halogens is 4. The number of benzene rings is 1. The van der Waals surface area contributed by atoms with E-state index in [1.54, 1.807) is 18.2 Å². The van der Waals surface area contributed by atoms with Gasteiger partial charge in [0.25, 0.3) is 0 Å². The molecular weight excluding hydrogens is 407 g/mol. The molecule has 1 aromatic carbocycles. The van der Waals surface area contributed by atoms with E-state index < -0.39 is 17.8 Å². The van der Waals surface area contributed by atoms with Crippen LogP contribution in [0, 0.1) is 6.92 Å². The van der Waals surface area contributed by atoms with Crippen molar-refractivity contribution < 1.29 is 27.4 Å². The van der Waals surface area contributed by atoms with Crippen LogP contribution >= 0.6 is 15.9 Å². The molecule has 0 saturated carbocycles. The fraction of sp³-hybridized carbons (Fsp3) is 0.333. The van der Waals surface area contributed by atoms with Crippen molar-refractivity contribution in [2.75, 3.05) is 18.5 Å². The van der Waals surface area contributed by atoms with Crippen LogP contribution in [-0.4, -0.2) is 28.9 Å². The Bertz CT molecular complexity index is 820. The van der Waals surface area contributed by atoms with Crippen molar-refractivity contribution >= 4 is 27.5 Å². The molecule has 0 aliphatic carbocycles. The highest BCUT2D eigenvalue weighted by atomic mass is 79.9. The number of carbonyl (C=O) groups is 1. The third-order valence-corrected chi connectivity index (χ3v) is 4.47. The van der Waals surface area contributed by atoms with Gasteiger partial charge in [0.1, 0.15) is 19.8 Å². The second-order valence-electron chi connectivity index (χ2n) is 5.31. The van der Waals surface area contributed by atoms with Crippen LogP contribution in [-0.2, 0) is 17.5 Å². The molecule has 0 bridgehead atoms. The van der Waals surface area contributed by atoms with Crippen molar-refractivity contribution in [3.8, 4) is 11.5 Å². The zero-order chi connectivity index (χ0) is 18.2. The standard InChI is InChI=1S/C15H13BrF3N3O3/c1-8-13(16)14(15(17,18)19)21-22(8)7-12(23)20-9-2-3-10-11(6-9)25-5-4-24-10/h2-3,6H,4-5,7H2,1H3,(H,20,23). The van der Waals surface area contributed by atoms with Crippen molar-refractivity contribution in [2.45, 2.75) is 19.6 Å². The van der Waals surface area contributed by atoms with Gasteiger partial charge in [-0.2, -0.15) is 18.3 Å². The fourth-order valence-electron chi connectivity index (χ4n) is 2.32. The Morgan fingerprint density at radius 2 is 2.00 bits per heavy atom. The molecule has 0 saturated heterocycles. The van der Waals surface area contributed by atoms with Gasteiger partial charge in [0.15, 0.2) is 17.2 Å². The summed E-state index contributed by atoms with van der Waals surface area (Å²) in [4.78, 5) is 12.1. The number of anilines is 1. The molecule has 1 aliphatic rings. The van der Waals surface area contributed by atoms with E-state index in [-0.39, 0.29) is 16.7 Å². The number of nitrogens with one attached hydrogen (secondary N) is 1. The van der Waals surface area contributed by atoms with Crippen LogP contribution in [0.5, 0.6) is 11.5 Å². The van der Waals surface area contributed by atoms with Gasteiger partial charge in [-0.3, -0.25) is 9.48 Å². The average molecular weight is 420 g/mol. The molecule has 0 unspecified atom stereocenters. The van der Waals surface area contributed by atoms with Crippen LogP contribution in [0.25, 0.3) is 0 Å². The molecule has 1 aliphatic heterocycles. The maximum absolute atomic E-state index is 12.9. The van der Waals surface area contributed by atoms with Crippen LogP contribution in [0.4, 0.5) is 18.9 Å². The SMILES string of the molecule is Cc1c(Br)c(C(F)(F)F)nn1CC(=O)Nc1ccc2c(c1)OCCO2. The maximum Gasteiger partial charge on any atom is 0.436 e. The number of amides is 1. The molecule has 6 nitrogen and oxygen atoms in total. The highest BCUT2D eigenvalue weighted by molar-refractivity contribution is 9.10. The first kappa shape index (κ1) is 17.6. The molecule has 10 heteroatoms. The van der Waals surface area contributed by atoms with Crippen LogP contribution in [0.1, 0.15) is 11.4 Å². The summed E-state index contributed by atoms with van der Waals surface area (Å²) >= 11 is 2.87. The molecule has 1 N–H and O–H groups in total. The highest BCUT2D eigenvalue weighted by Crippen LogP contribution is 2.35. The van der Waals surface area contributed by atoms with E-state index in [4.69, 9.17) is 9.47 Å². The van der Waals surface area contributed by atoms with E-state index in [0.717, 1.165) is 4.68 Å². The van der Waals surface area contributed by atoms with E-state index in [9.17, 15) is 18.0 Å². The second-order valence-corrected chi connectivity index (χ2v) is 6.10. The number of hydrogen-bond donors (Lipinski definition) is 1. The molecule has 0 atom stereocenters. The first-order valence-electron chi connectivity index (χ1n) is 7.25. The van der Waals surface area contributed by atoms with Crippen LogP contribution in [0.3, 0.4) is 0 Å². The zero-order valence-electron chi connectivity index (χ0n) is 13.0. The molecule has 2 aromatic rings. The summed E-state index contributed by atoms with van der Waals surface area (Å²) in [6, 6.07) is 4.87. The molecule has 134 valence electrons. The van der Waals surface area contributed by atoms with Crippen molar-refractivity contribution in [1.82, 2.24) is 9.78 Å². The largest absolute Gasteiger partial charge is 0.486 e. The molecule has 25 heavy (non-hydrogen) atoms. The summed E-state index contributed by atoms with van der Waals surface area (Å²) in [5.41, 5.74) is -0.393. The number of aromatic nitrogens is 2. The van der Waals surface area contributed by atoms with Crippen LogP contribution in [0.2, 0.25) is 0 Å². The third kappa shape index (κ3) is 3.73. The Balaban J connectivity index is 1.73. The normalized spacial score (nSPS) is 13.6. The lowest BCUT2D eigenvalue weighted by Gasteiger charge is -2.19. The van der Waals surface area contributed by atoms with Gasteiger partial charge < -0.3 is 14.8 Å². The number of rotatable bonds is 3. The molecule has 2 heterocycles. The third-order valence-electron chi connectivity index (χ3n) is 3.52. The Kier molecular flexibility index (Phi) is 4.63. The quantitative estimate of drug-likeness (QED) is 0.827. The first-order chi connectivity index (χ1) is 11.8. The minimum atomic E-state index is -4.60. The molecular formula is C15H13BrF3N3O3. The van der Waals surface area contributed by atoms with Gasteiger partial charge in [0.05, 0.1) is 10.2 Å². The van der Waals surface area contributed by atoms with Crippen LogP contribution in [0.15, 0.2) is 22.7 Å². The van der Waals surface area contributed by atoms with Crippen molar-refractivity contribution in [3.05, 3.63) is 34.1 Å². The minimum Gasteiger partial charge on any atom is -0.486 e. The van der Waals surface area contributed by atoms with Crippen LogP contribution < -0.4 is 14.8 Å².